The Hall–Kier alpha value is -1.49. The van der Waals surface area contributed by atoms with Crippen LogP contribution in [0.25, 0.3) is 0 Å². The lowest BCUT2D eigenvalue weighted by atomic mass is 10.2. The van der Waals surface area contributed by atoms with Crippen LogP contribution < -0.4 is 4.72 Å². The van der Waals surface area contributed by atoms with Gasteiger partial charge in [0.1, 0.15) is 0 Å². The Balaban J connectivity index is 2.17. The van der Waals surface area contributed by atoms with Gasteiger partial charge in [0.2, 0.25) is 20.0 Å². The van der Waals surface area contributed by atoms with E-state index in [9.17, 15) is 21.6 Å². The summed E-state index contributed by atoms with van der Waals surface area (Å²) in [5.74, 6) is -0.684. The summed E-state index contributed by atoms with van der Waals surface area (Å²) >= 11 is 0. The van der Waals surface area contributed by atoms with Gasteiger partial charge >= 0.3 is 5.97 Å². The van der Waals surface area contributed by atoms with Crippen molar-refractivity contribution < 1.29 is 26.4 Å². The van der Waals surface area contributed by atoms with Crippen LogP contribution in [0, 0.1) is 0 Å². The highest BCUT2D eigenvalue weighted by Crippen LogP contribution is 2.17. The maximum atomic E-state index is 12.6. The van der Waals surface area contributed by atoms with E-state index in [0.717, 1.165) is 4.31 Å². The van der Waals surface area contributed by atoms with Crippen LogP contribution in [0.1, 0.15) is 5.56 Å². The first-order valence-electron chi connectivity index (χ1n) is 6.88. The van der Waals surface area contributed by atoms with E-state index in [1.54, 1.807) is 0 Å². The van der Waals surface area contributed by atoms with E-state index >= 15 is 0 Å². The zero-order valence-electron chi connectivity index (χ0n) is 12.6. The van der Waals surface area contributed by atoms with Gasteiger partial charge < -0.3 is 4.74 Å². The molecule has 1 aliphatic rings. The van der Waals surface area contributed by atoms with Crippen molar-refractivity contribution in [1.82, 2.24) is 9.03 Å². The Morgan fingerprint density at radius 2 is 1.91 bits per heavy atom. The molecule has 1 heterocycles. The SMILES string of the molecule is COC(=O)Cc1ccc(S(=O)(=O)N2CCNS(=O)(=O)CC2)cc1. The number of methoxy groups -OCH3 is 1. The van der Waals surface area contributed by atoms with Gasteiger partial charge in [-0.05, 0) is 17.7 Å². The standard InChI is InChI=1S/C13H18N2O6S2/c1-21-13(16)10-11-2-4-12(5-3-11)23(19,20)15-7-6-14-22(17,18)9-8-15/h2-5,14H,6-10H2,1H3. The van der Waals surface area contributed by atoms with E-state index in [1.165, 1.54) is 31.4 Å². The molecule has 10 heteroatoms. The second-order valence-corrected chi connectivity index (χ2v) is 8.88. The highest BCUT2D eigenvalue weighted by molar-refractivity contribution is 7.90. The van der Waals surface area contributed by atoms with Crippen molar-refractivity contribution >= 4 is 26.0 Å². The molecule has 0 aromatic heterocycles. The average Bonchev–Trinajstić information content (AvgIpc) is 2.69. The highest BCUT2D eigenvalue weighted by atomic mass is 32.2. The molecule has 0 amide bonds. The van der Waals surface area contributed by atoms with Gasteiger partial charge in [0, 0.05) is 19.6 Å². The van der Waals surface area contributed by atoms with Crippen LogP contribution in [0.5, 0.6) is 0 Å². The van der Waals surface area contributed by atoms with Crippen molar-refractivity contribution in [1.29, 1.82) is 0 Å². The van der Waals surface area contributed by atoms with Gasteiger partial charge in [-0.3, -0.25) is 4.79 Å². The Kier molecular flexibility index (Phi) is 5.40. The molecule has 128 valence electrons. The third-order valence-electron chi connectivity index (χ3n) is 3.43. The number of esters is 1. The second-order valence-electron chi connectivity index (χ2n) is 5.01. The van der Waals surface area contributed by atoms with Gasteiger partial charge in [-0.1, -0.05) is 12.1 Å². The van der Waals surface area contributed by atoms with Gasteiger partial charge in [0.15, 0.2) is 0 Å². The molecule has 2 rings (SSSR count). The smallest absolute Gasteiger partial charge is 0.309 e. The average molecular weight is 362 g/mol. The summed E-state index contributed by atoms with van der Waals surface area (Å²) in [6.45, 7) is 0.0229. The fourth-order valence-corrected chi connectivity index (χ4v) is 4.70. The quantitative estimate of drug-likeness (QED) is 0.711. The molecule has 0 atom stereocenters. The topological polar surface area (TPSA) is 110 Å². The molecular formula is C13H18N2O6S2. The van der Waals surface area contributed by atoms with E-state index < -0.39 is 26.0 Å². The fourth-order valence-electron chi connectivity index (χ4n) is 2.14. The molecule has 0 spiro atoms. The lowest BCUT2D eigenvalue weighted by Crippen LogP contribution is -2.34. The van der Waals surface area contributed by atoms with Crippen molar-refractivity contribution in [3.05, 3.63) is 29.8 Å². The normalized spacial score (nSPS) is 19.0. The number of hydrogen-bond donors (Lipinski definition) is 1. The highest BCUT2D eigenvalue weighted by Gasteiger charge is 2.28. The second kappa shape index (κ2) is 6.95. The third kappa shape index (κ3) is 4.50. The van der Waals surface area contributed by atoms with Crippen molar-refractivity contribution in [2.75, 3.05) is 32.5 Å². The zero-order chi connectivity index (χ0) is 17.1. The lowest BCUT2D eigenvalue weighted by Gasteiger charge is -2.19. The third-order valence-corrected chi connectivity index (χ3v) is 6.71. The monoisotopic (exact) mass is 362 g/mol. The van der Waals surface area contributed by atoms with Gasteiger partial charge in [0.05, 0.1) is 24.2 Å². The van der Waals surface area contributed by atoms with Crippen molar-refractivity contribution in [2.24, 2.45) is 0 Å². The number of carbonyl (C=O) groups is 1. The summed E-state index contributed by atoms with van der Waals surface area (Å²) in [6.07, 6.45) is 0.0582. The van der Waals surface area contributed by atoms with Crippen LogP contribution in [-0.2, 0) is 36.0 Å². The first-order valence-corrected chi connectivity index (χ1v) is 9.97. The van der Waals surface area contributed by atoms with E-state index in [-0.39, 0.29) is 36.7 Å². The molecule has 0 unspecified atom stereocenters. The molecule has 1 aromatic carbocycles. The number of hydrogen-bond acceptors (Lipinski definition) is 6. The molecule has 1 aromatic rings. The summed E-state index contributed by atoms with van der Waals surface area (Å²) in [5, 5.41) is 0. The number of ether oxygens (including phenoxy) is 1. The predicted octanol–water partition coefficient (Wildman–Crippen LogP) is -0.674. The number of benzene rings is 1. The molecule has 0 aliphatic carbocycles. The molecule has 23 heavy (non-hydrogen) atoms. The molecule has 1 N–H and O–H groups in total. The predicted molar refractivity (Wildman–Crippen MR) is 82.7 cm³/mol. The van der Waals surface area contributed by atoms with Crippen LogP contribution in [0.3, 0.4) is 0 Å². The number of nitrogens with zero attached hydrogens (tertiary/aromatic N) is 1. The molecule has 0 saturated carbocycles. The summed E-state index contributed by atoms with van der Waals surface area (Å²) in [4.78, 5) is 11.3. The lowest BCUT2D eigenvalue weighted by molar-refractivity contribution is -0.139. The van der Waals surface area contributed by atoms with Gasteiger partial charge in [-0.15, -0.1) is 0 Å². The first kappa shape index (κ1) is 17.9. The summed E-state index contributed by atoms with van der Waals surface area (Å²) in [7, 11) is -5.92. The summed E-state index contributed by atoms with van der Waals surface area (Å²) < 4.78 is 56.1. The minimum absolute atomic E-state index is 0.0436. The van der Waals surface area contributed by atoms with Crippen LogP contribution >= 0.6 is 0 Å². The molecule has 0 radical (unpaired) electrons. The maximum Gasteiger partial charge on any atom is 0.309 e. The van der Waals surface area contributed by atoms with Crippen LogP contribution in [0.15, 0.2) is 29.2 Å². The van der Waals surface area contributed by atoms with Crippen molar-refractivity contribution in [3.8, 4) is 0 Å². The first-order chi connectivity index (χ1) is 10.7. The van der Waals surface area contributed by atoms with Gasteiger partial charge in [-0.2, -0.15) is 4.31 Å². The number of rotatable bonds is 4. The minimum Gasteiger partial charge on any atom is -0.469 e. The Bertz CT molecular complexity index is 771. The molecule has 1 aliphatic heterocycles. The molecule has 1 saturated heterocycles. The maximum absolute atomic E-state index is 12.6. The van der Waals surface area contributed by atoms with Gasteiger partial charge in [-0.25, -0.2) is 21.6 Å². The van der Waals surface area contributed by atoms with E-state index in [2.05, 4.69) is 9.46 Å². The number of carbonyl (C=O) groups excluding carboxylic acids is 1. The van der Waals surface area contributed by atoms with Crippen molar-refractivity contribution in [3.63, 3.8) is 0 Å². The molecular weight excluding hydrogens is 344 g/mol. The fraction of sp³-hybridized carbons (Fsp3) is 0.462. The number of nitrogens with one attached hydrogen (secondary N) is 1. The van der Waals surface area contributed by atoms with E-state index in [4.69, 9.17) is 0 Å². The van der Waals surface area contributed by atoms with E-state index in [0.29, 0.717) is 5.56 Å². The Morgan fingerprint density at radius 1 is 1.26 bits per heavy atom. The molecule has 0 bridgehead atoms. The minimum atomic E-state index is -3.77. The zero-order valence-corrected chi connectivity index (χ0v) is 14.2. The Morgan fingerprint density at radius 3 is 2.52 bits per heavy atom. The van der Waals surface area contributed by atoms with Crippen LogP contribution in [0.2, 0.25) is 0 Å². The van der Waals surface area contributed by atoms with E-state index in [1.807, 2.05) is 0 Å². The van der Waals surface area contributed by atoms with Crippen LogP contribution in [-0.4, -0.2) is 59.6 Å². The van der Waals surface area contributed by atoms with Crippen LogP contribution in [0.4, 0.5) is 0 Å². The molecule has 1 fully saturated rings. The molecule has 8 nitrogen and oxygen atoms in total. The van der Waals surface area contributed by atoms with Gasteiger partial charge in [0.25, 0.3) is 0 Å². The van der Waals surface area contributed by atoms with Crippen molar-refractivity contribution in [2.45, 2.75) is 11.3 Å². The number of sulfonamides is 2. The summed E-state index contributed by atoms with van der Waals surface area (Å²) in [6, 6.07) is 5.88. The Labute approximate surface area is 135 Å². The largest absolute Gasteiger partial charge is 0.469 e. The summed E-state index contributed by atoms with van der Waals surface area (Å²) in [5.41, 5.74) is 0.635.